The summed E-state index contributed by atoms with van der Waals surface area (Å²) in [6.07, 6.45) is 0. The highest BCUT2D eigenvalue weighted by atomic mass is 79.9. The van der Waals surface area contributed by atoms with Crippen molar-refractivity contribution in [2.45, 2.75) is 13.8 Å². The maximum Gasteiger partial charge on any atom is 0.380 e. The van der Waals surface area contributed by atoms with Gasteiger partial charge in [-0.25, -0.2) is 4.79 Å². The molecule has 0 unspecified atom stereocenters. The number of nitriles is 1. The zero-order valence-corrected chi connectivity index (χ0v) is 16.5. The largest absolute Gasteiger partial charge is 0.497 e. The Labute approximate surface area is 164 Å². The van der Waals surface area contributed by atoms with E-state index in [0.29, 0.717) is 39.3 Å². The lowest BCUT2D eigenvalue weighted by Crippen LogP contribution is -2.10. The normalized spacial score (nSPS) is 10.5. The van der Waals surface area contributed by atoms with Gasteiger partial charge in [0.05, 0.1) is 29.8 Å². The standard InChI is InChI=1S/C20H16BrNO5/c1-4-25-17-8-12(10-22)7-15(21)19(17)27-20(23)18-11(2)14-9-13(24-3)5-6-16(14)26-18/h5-9H,4H2,1-3H3. The number of aryl methyl sites for hydroxylation is 1. The number of hydrogen-bond acceptors (Lipinski definition) is 6. The number of methoxy groups -OCH3 is 1. The molecule has 0 saturated carbocycles. The van der Waals surface area contributed by atoms with Crippen LogP contribution < -0.4 is 14.2 Å². The van der Waals surface area contributed by atoms with Crippen LogP contribution in [0, 0.1) is 18.3 Å². The monoisotopic (exact) mass is 429 g/mol. The van der Waals surface area contributed by atoms with Gasteiger partial charge >= 0.3 is 5.97 Å². The van der Waals surface area contributed by atoms with Crippen molar-refractivity contribution in [3.63, 3.8) is 0 Å². The molecule has 3 rings (SSSR count). The van der Waals surface area contributed by atoms with Gasteiger partial charge in [-0.05, 0) is 54.0 Å². The van der Waals surface area contributed by atoms with E-state index in [1.807, 2.05) is 6.07 Å². The van der Waals surface area contributed by atoms with Gasteiger partial charge in [0, 0.05) is 17.0 Å². The lowest BCUT2D eigenvalue weighted by molar-refractivity contribution is 0.0695. The third kappa shape index (κ3) is 3.62. The van der Waals surface area contributed by atoms with Gasteiger partial charge in [-0.1, -0.05) is 0 Å². The lowest BCUT2D eigenvalue weighted by atomic mass is 10.1. The van der Waals surface area contributed by atoms with Crippen LogP contribution in [0.1, 0.15) is 28.6 Å². The Bertz CT molecular complexity index is 1060. The van der Waals surface area contributed by atoms with Crippen LogP contribution in [0.3, 0.4) is 0 Å². The van der Waals surface area contributed by atoms with Crippen molar-refractivity contribution in [3.05, 3.63) is 51.7 Å². The van der Waals surface area contributed by atoms with E-state index < -0.39 is 5.97 Å². The Balaban J connectivity index is 2.00. The van der Waals surface area contributed by atoms with Crippen molar-refractivity contribution in [1.82, 2.24) is 0 Å². The van der Waals surface area contributed by atoms with Crippen LogP contribution in [0.15, 0.2) is 39.2 Å². The summed E-state index contributed by atoms with van der Waals surface area (Å²) in [6, 6.07) is 10.4. The van der Waals surface area contributed by atoms with Gasteiger partial charge in [-0.15, -0.1) is 0 Å². The second-order valence-electron chi connectivity index (χ2n) is 5.64. The Kier molecular flexibility index (Phi) is 5.38. The zero-order valence-electron chi connectivity index (χ0n) is 15.0. The fourth-order valence-corrected chi connectivity index (χ4v) is 3.18. The molecule has 1 aromatic heterocycles. The van der Waals surface area contributed by atoms with Crippen molar-refractivity contribution in [2.24, 2.45) is 0 Å². The molecule has 0 radical (unpaired) electrons. The number of carbonyl (C=O) groups excluding carboxylic acids is 1. The molecule has 1 heterocycles. The lowest BCUT2D eigenvalue weighted by Gasteiger charge is -2.12. The van der Waals surface area contributed by atoms with Crippen molar-refractivity contribution in [3.8, 4) is 23.3 Å². The molecule has 0 atom stereocenters. The van der Waals surface area contributed by atoms with E-state index in [2.05, 4.69) is 15.9 Å². The molecule has 6 nitrogen and oxygen atoms in total. The van der Waals surface area contributed by atoms with Gasteiger partial charge in [0.2, 0.25) is 5.76 Å². The highest BCUT2D eigenvalue weighted by molar-refractivity contribution is 9.10. The van der Waals surface area contributed by atoms with E-state index in [9.17, 15) is 4.79 Å². The van der Waals surface area contributed by atoms with E-state index >= 15 is 0 Å². The molecule has 0 saturated heterocycles. The number of furan rings is 1. The third-order valence-electron chi connectivity index (χ3n) is 3.96. The predicted molar refractivity (Wildman–Crippen MR) is 102 cm³/mol. The minimum absolute atomic E-state index is 0.0944. The summed E-state index contributed by atoms with van der Waals surface area (Å²) >= 11 is 3.33. The minimum Gasteiger partial charge on any atom is -0.497 e. The molecular formula is C20H16BrNO5. The van der Waals surface area contributed by atoms with Crippen molar-refractivity contribution < 1.29 is 23.4 Å². The summed E-state index contributed by atoms with van der Waals surface area (Å²) in [5.74, 6) is 0.594. The van der Waals surface area contributed by atoms with Gasteiger partial charge in [-0.3, -0.25) is 0 Å². The Morgan fingerprint density at radius 3 is 2.74 bits per heavy atom. The summed E-state index contributed by atoms with van der Waals surface area (Å²) in [6.45, 7) is 3.93. The van der Waals surface area contributed by atoms with E-state index in [1.165, 1.54) is 6.07 Å². The summed E-state index contributed by atoms with van der Waals surface area (Å²) in [4.78, 5) is 12.7. The van der Waals surface area contributed by atoms with Crippen LogP contribution in [0.5, 0.6) is 17.2 Å². The first-order chi connectivity index (χ1) is 13.0. The quantitative estimate of drug-likeness (QED) is 0.419. The molecule has 0 aliphatic heterocycles. The first kappa shape index (κ1) is 18.8. The molecule has 3 aromatic rings. The second kappa shape index (κ2) is 7.72. The molecule has 27 heavy (non-hydrogen) atoms. The number of benzene rings is 2. The van der Waals surface area contributed by atoms with E-state index in [4.69, 9.17) is 23.9 Å². The van der Waals surface area contributed by atoms with Gasteiger partial charge in [0.15, 0.2) is 11.5 Å². The van der Waals surface area contributed by atoms with Crippen LogP contribution in [0.2, 0.25) is 0 Å². The average molecular weight is 430 g/mol. The maximum atomic E-state index is 12.7. The smallest absolute Gasteiger partial charge is 0.380 e. The molecular weight excluding hydrogens is 414 g/mol. The first-order valence-electron chi connectivity index (χ1n) is 8.14. The van der Waals surface area contributed by atoms with E-state index in [0.717, 1.165) is 5.39 Å². The van der Waals surface area contributed by atoms with Crippen LogP contribution in [-0.4, -0.2) is 19.7 Å². The minimum atomic E-state index is -0.658. The van der Waals surface area contributed by atoms with Crippen molar-refractivity contribution in [1.29, 1.82) is 5.26 Å². The van der Waals surface area contributed by atoms with E-state index in [1.54, 1.807) is 45.2 Å². The first-order valence-corrected chi connectivity index (χ1v) is 8.93. The third-order valence-corrected chi connectivity index (χ3v) is 4.55. The molecule has 0 aliphatic carbocycles. The molecule has 0 aliphatic rings. The Morgan fingerprint density at radius 1 is 1.30 bits per heavy atom. The van der Waals surface area contributed by atoms with Gasteiger partial charge in [-0.2, -0.15) is 5.26 Å². The molecule has 2 aromatic carbocycles. The number of carbonyl (C=O) groups is 1. The summed E-state index contributed by atoms with van der Waals surface area (Å²) in [5.41, 5.74) is 1.60. The number of hydrogen-bond donors (Lipinski definition) is 0. The highest BCUT2D eigenvalue weighted by Gasteiger charge is 2.23. The highest BCUT2D eigenvalue weighted by Crippen LogP contribution is 2.38. The second-order valence-corrected chi connectivity index (χ2v) is 6.49. The summed E-state index contributed by atoms with van der Waals surface area (Å²) in [5, 5.41) is 9.87. The average Bonchev–Trinajstić information content (AvgIpc) is 3.00. The molecule has 0 bridgehead atoms. The number of halogens is 1. The van der Waals surface area contributed by atoms with Crippen LogP contribution in [0.25, 0.3) is 11.0 Å². The number of nitrogens with zero attached hydrogens (tertiary/aromatic N) is 1. The number of fused-ring (bicyclic) bond motifs is 1. The number of rotatable bonds is 5. The molecule has 0 spiro atoms. The van der Waals surface area contributed by atoms with Gasteiger partial charge in [0.25, 0.3) is 0 Å². The molecule has 0 fully saturated rings. The van der Waals surface area contributed by atoms with E-state index in [-0.39, 0.29) is 11.5 Å². The SMILES string of the molecule is CCOc1cc(C#N)cc(Br)c1OC(=O)c1oc2ccc(OC)cc2c1C. The molecule has 138 valence electrons. The van der Waals surface area contributed by atoms with Gasteiger partial charge < -0.3 is 18.6 Å². The number of ether oxygens (including phenoxy) is 3. The topological polar surface area (TPSA) is 81.7 Å². The molecule has 0 amide bonds. The number of esters is 1. The fraction of sp³-hybridized carbons (Fsp3) is 0.200. The van der Waals surface area contributed by atoms with Gasteiger partial charge in [0.1, 0.15) is 11.3 Å². The zero-order chi connectivity index (χ0) is 19.6. The van der Waals surface area contributed by atoms with Crippen molar-refractivity contribution >= 4 is 32.9 Å². The molecule has 0 N–H and O–H groups in total. The Morgan fingerprint density at radius 2 is 2.07 bits per heavy atom. The van der Waals surface area contributed by atoms with Crippen LogP contribution in [-0.2, 0) is 0 Å². The maximum absolute atomic E-state index is 12.7. The predicted octanol–water partition coefficient (Wildman–Crippen LogP) is 5.00. The fourth-order valence-electron chi connectivity index (χ4n) is 2.66. The van der Waals surface area contributed by atoms with Crippen molar-refractivity contribution in [2.75, 3.05) is 13.7 Å². The molecule has 7 heteroatoms. The summed E-state index contributed by atoms with van der Waals surface area (Å²) in [7, 11) is 1.57. The summed E-state index contributed by atoms with van der Waals surface area (Å²) < 4.78 is 22.4. The Hall–Kier alpha value is -2.98. The van der Waals surface area contributed by atoms with Crippen LogP contribution >= 0.6 is 15.9 Å². The van der Waals surface area contributed by atoms with Crippen LogP contribution in [0.4, 0.5) is 0 Å².